The number of nitrogens with two attached hydrogens (primary N) is 1. The Balaban J connectivity index is 1.45. The average Bonchev–Trinajstić information content (AvgIpc) is 3.06. The number of aromatic amines is 1. The van der Waals surface area contributed by atoms with Gasteiger partial charge in [0.15, 0.2) is 0 Å². The van der Waals surface area contributed by atoms with Gasteiger partial charge in [-0.2, -0.15) is 11.8 Å². The van der Waals surface area contributed by atoms with E-state index in [0.29, 0.717) is 5.82 Å². The monoisotopic (exact) mass is 375 g/mol. The zero-order valence-electron chi connectivity index (χ0n) is 15.0. The molecule has 0 radical (unpaired) electrons. The topological polar surface area (TPSA) is 70.8 Å². The molecule has 1 fully saturated rings. The predicted octanol–water partition coefficient (Wildman–Crippen LogP) is 3.91. The highest BCUT2D eigenvalue weighted by molar-refractivity contribution is 7.99. The molecule has 0 saturated carbocycles. The first-order valence-electron chi connectivity index (χ1n) is 9.19. The summed E-state index contributed by atoms with van der Waals surface area (Å²) < 4.78 is 0. The molecule has 5 rings (SSSR count). The first-order valence-corrected chi connectivity index (χ1v) is 10.3. The minimum atomic E-state index is 0.522. The number of pyridine rings is 2. The van der Waals surface area contributed by atoms with Crippen molar-refractivity contribution < 1.29 is 0 Å². The molecule has 27 heavy (non-hydrogen) atoms. The number of fused-ring (bicyclic) bond motifs is 3. The van der Waals surface area contributed by atoms with Crippen molar-refractivity contribution in [3.63, 3.8) is 0 Å². The number of nitrogen functional groups attached to an aromatic ring is 1. The Morgan fingerprint density at radius 3 is 2.59 bits per heavy atom. The molecule has 6 heteroatoms. The Morgan fingerprint density at radius 1 is 0.963 bits per heavy atom. The molecule has 0 bridgehead atoms. The molecular weight excluding hydrogens is 354 g/mol. The zero-order chi connectivity index (χ0) is 18.2. The minimum absolute atomic E-state index is 0.522. The van der Waals surface area contributed by atoms with E-state index in [2.05, 4.69) is 50.2 Å². The second-order valence-electron chi connectivity index (χ2n) is 6.99. The molecule has 1 saturated heterocycles. The number of benzene rings is 1. The first-order chi connectivity index (χ1) is 13.3. The number of nitrogens with zero attached hydrogens (tertiary/aromatic N) is 3. The standard InChI is InChI=1S/C21H21N5S/c22-20-10-17-18-9-16(11-24-21(18)25-19(17)12-23-20)15-3-1-14(2-4-15)13-26-5-7-27-8-6-26/h1-4,9-12H,5-8,13H2,(H2,22,23)(H,24,25). The van der Waals surface area contributed by atoms with Gasteiger partial charge in [-0.15, -0.1) is 0 Å². The fourth-order valence-corrected chi connectivity index (χ4v) is 4.65. The van der Waals surface area contributed by atoms with Crippen molar-refractivity contribution >= 4 is 39.5 Å². The largest absolute Gasteiger partial charge is 0.384 e. The van der Waals surface area contributed by atoms with Crippen LogP contribution in [0.4, 0.5) is 5.82 Å². The van der Waals surface area contributed by atoms with E-state index < -0.39 is 0 Å². The molecule has 136 valence electrons. The fourth-order valence-electron chi connectivity index (χ4n) is 3.67. The van der Waals surface area contributed by atoms with Gasteiger partial charge in [0.05, 0.1) is 11.7 Å². The fraction of sp³-hybridized carbons (Fsp3) is 0.238. The third-order valence-electron chi connectivity index (χ3n) is 5.15. The van der Waals surface area contributed by atoms with E-state index in [0.717, 1.165) is 34.0 Å². The van der Waals surface area contributed by atoms with E-state index in [9.17, 15) is 0 Å². The van der Waals surface area contributed by atoms with Crippen LogP contribution in [0.25, 0.3) is 33.1 Å². The van der Waals surface area contributed by atoms with Gasteiger partial charge in [0.2, 0.25) is 0 Å². The van der Waals surface area contributed by atoms with Crippen molar-refractivity contribution in [2.75, 3.05) is 30.3 Å². The molecule has 3 aromatic heterocycles. The molecule has 0 amide bonds. The highest BCUT2D eigenvalue weighted by Crippen LogP contribution is 2.29. The van der Waals surface area contributed by atoms with E-state index in [4.69, 9.17) is 5.73 Å². The summed E-state index contributed by atoms with van der Waals surface area (Å²) in [5, 5.41) is 2.14. The van der Waals surface area contributed by atoms with E-state index in [1.807, 2.05) is 24.0 Å². The molecule has 0 aliphatic carbocycles. The van der Waals surface area contributed by atoms with E-state index >= 15 is 0 Å². The Hall–Kier alpha value is -2.57. The smallest absolute Gasteiger partial charge is 0.138 e. The maximum Gasteiger partial charge on any atom is 0.138 e. The van der Waals surface area contributed by atoms with Crippen LogP contribution in [0.3, 0.4) is 0 Å². The Morgan fingerprint density at radius 2 is 1.78 bits per heavy atom. The lowest BCUT2D eigenvalue weighted by Crippen LogP contribution is -2.31. The summed E-state index contributed by atoms with van der Waals surface area (Å²) in [7, 11) is 0. The van der Waals surface area contributed by atoms with Gasteiger partial charge >= 0.3 is 0 Å². The Bertz CT molecular complexity index is 1100. The van der Waals surface area contributed by atoms with Crippen molar-refractivity contribution in [3.05, 3.63) is 54.4 Å². The number of hydrogen-bond donors (Lipinski definition) is 2. The van der Waals surface area contributed by atoms with Crippen LogP contribution in [0, 0.1) is 0 Å². The second-order valence-corrected chi connectivity index (χ2v) is 8.21. The van der Waals surface area contributed by atoms with Crippen LogP contribution in [0.5, 0.6) is 0 Å². The van der Waals surface area contributed by atoms with Gasteiger partial charge in [-0.3, -0.25) is 4.90 Å². The van der Waals surface area contributed by atoms with Crippen LogP contribution in [0.15, 0.2) is 48.8 Å². The van der Waals surface area contributed by atoms with Crippen LogP contribution >= 0.6 is 11.8 Å². The van der Waals surface area contributed by atoms with E-state index in [1.54, 1.807) is 6.20 Å². The number of rotatable bonds is 3. The van der Waals surface area contributed by atoms with Crippen molar-refractivity contribution in [2.45, 2.75) is 6.54 Å². The molecule has 1 aliphatic heterocycles. The van der Waals surface area contributed by atoms with Gasteiger partial charge in [0.1, 0.15) is 11.5 Å². The van der Waals surface area contributed by atoms with E-state index in [1.165, 1.54) is 35.7 Å². The SMILES string of the molecule is Nc1cc2c(cn1)[nH]c1ncc(-c3ccc(CN4CCSCC4)cc3)cc12. The summed E-state index contributed by atoms with van der Waals surface area (Å²) in [5.74, 6) is 3.01. The predicted molar refractivity (Wildman–Crippen MR) is 114 cm³/mol. The molecule has 4 aromatic rings. The number of nitrogens with one attached hydrogen (secondary N) is 1. The zero-order valence-corrected chi connectivity index (χ0v) is 15.8. The summed E-state index contributed by atoms with van der Waals surface area (Å²) in [6.45, 7) is 3.41. The van der Waals surface area contributed by atoms with Gasteiger partial charge in [-0.1, -0.05) is 24.3 Å². The minimum Gasteiger partial charge on any atom is -0.384 e. The van der Waals surface area contributed by atoms with Crippen LogP contribution in [-0.4, -0.2) is 44.4 Å². The average molecular weight is 376 g/mol. The van der Waals surface area contributed by atoms with Gasteiger partial charge < -0.3 is 10.7 Å². The van der Waals surface area contributed by atoms with Crippen molar-refractivity contribution in [2.24, 2.45) is 0 Å². The lowest BCUT2D eigenvalue weighted by atomic mass is 10.0. The van der Waals surface area contributed by atoms with Crippen LogP contribution < -0.4 is 5.73 Å². The normalized spacial score (nSPS) is 15.6. The number of hydrogen-bond acceptors (Lipinski definition) is 5. The molecule has 0 unspecified atom stereocenters. The number of aromatic nitrogens is 3. The van der Waals surface area contributed by atoms with Crippen LogP contribution in [0.2, 0.25) is 0 Å². The lowest BCUT2D eigenvalue weighted by Gasteiger charge is -2.26. The number of H-pyrrole nitrogens is 1. The molecule has 1 aliphatic rings. The molecule has 0 spiro atoms. The van der Waals surface area contributed by atoms with Gasteiger partial charge in [-0.05, 0) is 23.3 Å². The molecule has 1 aromatic carbocycles. The molecule has 4 heterocycles. The number of anilines is 1. The number of thioether (sulfide) groups is 1. The third-order valence-corrected chi connectivity index (χ3v) is 6.10. The quantitative estimate of drug-likeness (QED) is 0.568. The summed E-state index contributed by atoms with van der Waals surface area (Å²) in [6, 6.07) is 12.9. The highest BCUT2D eigenvalue weighted by atomic mass is 32.2. The molecule has 0 atom stereocenters. The van der Waals surface area contributed by atoms with Gasteiger partial charge in [0.25, 0.3) is 0 Å². The highest BCUT2D eigenvalue weighted by Gasteiger charge is 2.11. The van der Waals surface area contributed by atoms with Gasteiger partial charge in [0, 0.05) is 53.7 Å². The third kappa shape index (κ3) is 3.26. The van der Waals surface area contributed by atoms with Crippen molar-refractivity contribution in [3.8, 4) is 11.1 Å². The summed E-state index contributed by atoms with van der Waals surface area (Å²) in [5.41, 5.74) is 11.3. The lowest BCUT2D eigenvalue weighted by molar-refractivity contribution is 0.294. The Labute approximate surface area is 162 Å². The molecule has 5 nitrogen and oxygen atoms in total. The van der Waals surface area contributed by atoms with Crippen molar-refractivity contribution in [1.29, 1.82) is 0 Å². The van der Waals surface area contributed by atoms with Crippen LogP contribution in [-0.2, 0) is 6.54 Å². The maximum absolute atomic E-state index is 5.87. The summed E-state index contributed by atoms with van der Waals surface area (Å²) in [6.07, 6.45) is 3.69. The van der Waals surface area contributed by atoms with Crippen molar-refractivity contribution in [1.82, 2.24) is 19.9 Å². The second kappa shape index (κ2) is 6.87. The summed E-state index contributed by atoms with van der Waals surface area (Å²) >= 11 is 2.05. The summed E-state index contributed by atoms with van der Waals surface area (Å²) in [4.78, 5) is 14.6. The van der Waals surface area contributed by atoms with Gasteiger partial charge in [-0.25, -0.2) is 9.97 Å². The Kier molecular flexibility index (Phi) is 4.22. The molecular formula is C21H21N5S. The first kappa shape index (κ1) is 16.6. The molecule has 3 N–H and O–H groups in total. The van der Waals surface area contributed by atoms with E-state index in [-0.39, 0.29) is 0 Å². The maximum atomic E-state index is 5.87. The van der Waals surface area contributed by atoms with Crippen LogP contribution in [0.1, 0.15) is 5.56 Å².